The number of nitro benzene ring substituents is 1. The number of nitrogens with one attached hydrogen (secondary N) is 2. The largest absolute Gasteiger partial charge is 0.358 e. The Hall–Kier alpha value is -3.75. The molecular formula is C15H10N4O5. The van der Waals surface area contributed by atoms with E-state index < -0.39 is 10.7 Å². The number of hydrogen-bond donors (Lipinski definition) is 2. The van der Waals surface area contributed by atoms with Crippen molar-refractivity contribution in [2.24, 2.45) is 0 Å². The highest BCUT2D eigenvalue weighted by atomic mass is 16.6. The van der Waals surface area contributed by atoms with E-state index in [9.17, 15) is 24.5 Å². The molecular weight excluding hydrogens is 316 g/mol. The second-order valence-electron chi connectivity index (χ2n) is 4.89. The Morgan fingerprint density at radius 1 is 1.21 bits per heavy atom. The van der Waals surface area contributed by atoms with E-state index >= 15 is 0 Å². The van der Waals surface area contributed by atoms with Gasteiger partial charge >= 0.3 is 0 Å². The fourth-order valence-corrected chi connectivity index (χ4v) is 2.25. The molecule has 0 unspecified atom stereocenters. The van der Waals surface area contributed by atoms with Crippen LogP contribution < -0.4 is 16.1 Å². The van der Waals surface area contributed by atoms with Gasteiger partial charge in [-0.1, -0.05) is 0 Å². The quantitative estimate of drug-likeness (QED) is 0.374. The first-order valence-electron chi connectivity index (χ1n) is 6.74. The lowest BCUT2D eigenvalue weighted by atomic mass is 10.1. The minimum absolute atomic E-state index is 0.0112. The summed E-state index contributed by atoms with van der Waals surface area (Å²) in [5.41, 5.74) is 0.559. The number of rotatable bonds is 4. The SMILES string of the molecule is O=CC(=O)C1=CNc2cc(-n3ccc(=O)cc3)c([N+](=O)[O-])cc2N1. The molecule has 2 N–H and O–H groups in total. The van der Waals surface area contributed by atoms with Gasteiger partial charge in [0.15, 0.2) is 11.7 Å². The minimum atomic E-state index is -0.778. The molecule has 0 amide bonds. The number of aromatic nitrogens is 1. The summed E-state index contributed by atoms with van der Waals surface area (Å²) in [6, 6.07) is 5.33. The van der Waals surface area contributed by atoms with Crippen LogP contribution >= 0.6 is 0 Å². The summed E-state index contributed by atoms with van der Waals surface area (Å²) in [5, 5.41) is 16.9. The summed E-state index contributed by atoms with van der Waals surface area (Å²) in [6.45, 7) is 0. The minimum Gasteiger partial charge on any atom is -0.358 e. The van der Waals surface area contributed by atoms with Gasteiger partial charge in [-0.3, -0.25) is 24.5 Å². The fourth-order valence-electron chi connectivity index (χ4n) is 2.25. The molecule has 0 radical (unpaired) electrons. The number of anilines is 2. The smallest absolute Gasteiger partial charge is 0.295 e. The zero-order valence-corrected chi connectivity index (χ0v) is 12.1. The molecule has 0 saturated heterocycles. The molecule has 120 valence electrons. The Labute approximate surface area is 134 Å². The van der Waals surface area contributed by atoms with Gasteiger partial charge in [0.25, 0.3) is 5.69 Å². The summed E-state index contributed by atoms with van der Waals surface area (Å²) < 4.78 is 1.44. The first-order chi connectivity index (χ1) is 11.5. The average molecular weight is 326 g/mol. The van der Waals surface area contributed by atoms with Crippen molar-refractivity contribution in [3.8, 4) is 5.69 Å². The van der Waals surface area contributed by atoms with Gasteiger partial charge in [0.2, 0.25) is 5.78 Å². The third-order valence-corrected chi connectivity index (χ3v) is 3.40. The number of nitrogens with zero attached hydrogens (tertiary/aromatic N) is 2. The van der Waals surface area contributed by atoms with Crippen LogP contribution in [0.3, 0.4) is 0 Å². The molecule has 0 fully saturated rings. The van der Waals surface area contributed by atoms with Crippen molar-refractivity contribution in [3.05, 3.63) is 68.9 Å². The van der Waals surface area contributed by atoms with Crippen LogP contribution in [0.5, 0.6) is 0 Å². The molecule has 1 aliphatic rings. The van der Waals surface area contributed by atoms with Crippen LogP contribution in [0.2, 0.25) is 0 Å². The van der Waals surface area contributed by atoms with E-state index in [4.69, 9.17) is 0 Å². The molecule has 3 rings (SSSR count). The van der Waals surface area contributed by atoms with Gasteiger partial charge in [-0.25, -0.2) is 0 Å². The summed E-state index contributed by atoms with van der Waals surface area (Å²) in [6.07, 6.45) is 4.30. The number of pyridine rings is 1. The molecule has 9 nitrogen and oxygen atoms in total. The van der Waals surface area contributed by atoms with Crippen molar-refractivity contribution >= 4 is 29.1 Å². The number of benzene rings is 1. The lowest BCUT2D eigenvalue weighted by Crippen LogP contribution is -2.19. The average Bonchev–Trinajstić information content (AvgIpc) is 2.60. The van der Waals surface area contributed by atoms with Crippen molar-refractivity contribution in [1.29, 1.82) is 0 Å². The van der Waals surface area contributed by atoms with Crippen molar-refractivity contribution < 1.29 is 14.5 Å². The van der Waals surface area contributed by atoms with Gasteiger partial charge in [-0.2, -0.15) is 0 Å². The van der Waals surface area contributed by atoms with Crippen LogP contribution in [0.25, 0.3) is 5.69 Å². The summed E-state index contributed by atoms with van der Waals surface area (Å²) in [7, 11) is 0. The van der Waals surface area contributed by atoms with E-state index in [2.05, 4.69) is 10.6 Å². The number of allylic oxidation sites excluding steroid dienone is 1. The maximum Gasteiger partial charge on any atom is 0.295 e. The number of fused-ring (bicyclic) bond motifs is 1. The van der Waals surface area contributed by atoms with E-state index in [1.807, 2.05) is 0 Å². The van der Waals surface area contributed by atoms with E-state index in [-0.39, 0.29) is 28.8 Å². The van der Waals surface area contributed by atoms with E-state index in [1.165, 1.54) is 47.4 Å². The second kappa shape index (κ2) is 5.80. The molecule has 0 spiro atoms. The van der Waals surface area contributed by atoms with Gasteiger partial charge in [0.1, 0.15) is 11.4 Å². The molecule has 0 aliphatic carbocycles. The number of hydrogen-bond acceptors (Lipinski definition) is 7. The van der Waals surface area contributed by atoms with Gasteiger partial charge in [-0.05, 0) is 6.07 Å². The second-order valence-corrected chi connectivity index (χ2v) is 4.89. The van der Waals surface area contributed by atoms with Crippen molar-refractivity contribution in [1.82, 2.24) is 4.57 Å². The summed E-state index contributed by atoms with van der Waals surface area (Å²) in [5.74, 6) is -0.778. The monoisotopic (exact) mass is 326 g/mol. The Balaban J connectivity index is 2.11. The molecule has 2 aromatic rings. The molecule has 1 aromatic carbocycles. The van der Waals surface area contributed by atoms with Crippen LogP contribution in [0.4, 0.5) is 17.1 Å². The Morgan fingerprint density at radius 2 is 1.92 bits per heavy atom. The number of aldehydes is 1. The lowest BCUT2D eigenvalue weighted by molar-refractivity contribution is -0.384. The van der Waals surface area contributed by atoms with Crippen molar-refractivity contribution in [3.63, 3.8) is 0 Å². The Bertz CT molecular complexity index is 940. The van der Waals surface area contributed by atoms with E-state index in [1.54, 1.807) is 0 Å². The predicted molar refractivity (Wildman–Crippen MR) is 85.1 cm³/mol. The van der Waals surface area contributed by atoms with E-state index in [0.29, 0.717) is 11.4 Å². The molecule has 0 saturated carbocycles. The molecule has 24 heavy (non-hydrogen) atoms. The topological polar surface area (TPSA) is 123 Å². The highest BCUT2D eigenvalue weighted by Crippen LogP contribution is 2.35. The first kappa shape index (κ1) is 15.2. The van der Waals surface area contributed by atoms with Crippen LogP contribution in [0.15, 0.2) is 53.4 Å². The van der Waals surface area contributed by atoms with Crippen LogP contribution in [0.1, 0.15) is 0 Å². The van der Waals surface area contributed by atoms with Crippen LogP contribution in [-0.4, -0.2) is 21.6 Å². The molecule has 9 heteroatoms. The molecule has 1 aromatic heterocycles. The van der Waals surface area contributed by atoms with Crippen molar-refractivity contribution in [2.75, 3.05) is 10.6 Å². The number of ketones is 1. The zero-order valence-electron chi connectivity index (χ0n) is 12.1. The predicted octanol–water partition coefficient (Wildman–Crippen LogP) is 1.19. The third-order valence-electron chi connectivity index (χ3n) is 3.40. The van der Waals surface area contributed by atoms with Crippen molar-refractivity contribution in [2.45, 2.75) is 0 Å². The van der Waals surface area contributed by atoms with Gasteiger partial charge in [0.05, 0.1) is 16.3 Å². The Kier molecular flexibility index (Phi) is 3.66. The number of carbonyl (C=O) groups excluding carboxylic acids is 2. The van der Waals surface area contributed by atoms with Gasteiger partial charge < -0.3 is 15.2 Å². The zero-order chi connectivity index (χ0) is 17.3. The fraction of sp³-hybridized carbons (Fsp3) is 0. The van der Waals surface area contributed by atoms with E-state index in [0.717, 1.165) is 0 Å². The Morgan fingerprint density at radius 3 is 2.54 bits per heavy atom. The first-order valence-corrected chi connectivity index (χ1v) is 6.74. The third kappa shape index (κ3) is 2.65. The molecule has 0 atom stereocenters. The normalized spacial score (nSPS) is 12.2. The highest BCUT2D eigenvalue weighted by molar-refractivity contribution is 6.34. The molecule has 0 bridgehead atoms. The standard InChI is InChI=1S/C15H10N4O5/c20-8-15(22)12-7-16-10-5-13(18-3-1-9(21)2-4-18)14(19(23)24)6-11(10)17-12/h1-8,16-17H. The van der Waals surface area contributed by atoms with Gasteiger partial charge in [-0.15, -0.1) is 0 Å². The molecule has 2 heterocycles. The maximum absolute atomic E-state index is 11.4. The number of nitro groups is 1. The van der Waals surface area contributed by atoms with Gasteiger partial charge in [0, 0.05) is 36.8 Å². The van der Waals surface area contributed by atoms with Crippen LogP contribution in [0, 0.1) is 10.1 Å². The summed E-state index contributed by atoms with van der Waals surface area (Å²) in [4.78, 5) is 44.0. The maximum atomic E-state index is 11.4. The molecule has 1 aliphatic heterocycles. The number of Topliss-reactive ketones (excluding diaryl/α,β-unsaturated/α-hetero) is 1. The van der Waals surface area contributed by atoms with Crippen LogP contribution in [-0.2, 0) is 9.59 Å². The number of carbonyl (C=O) groups is 2. The highest BCUT2D eigenvalue weighted by Gasteiger charge is 2.23. The summed E-state index contributed by atoms with van der Waals surface area (Å²) >= 11 is 0. The lowest BCUT2D eigenvalue weighted by Gasteiger charge is -2.20.